The molecule has 0 atom stereocenters. The zero-order valence-electron chi connectivity index (χ0n) is 17.9. The van der Waals surface area contributed by atoms with Crippen molar-refractivity contribution < 1.29 is 24.2 Å². The van der Waals surface area contributed by atoms with Crippen LogP contribution in [0.2, 0.25) is 0 Å². The number of esters is 2. The van der Waals surface area contributed by atoms with E-state index in [9.17, 15) is 14.7 Å². The molecule has 1 N–H and O–H groups in total. The Labute approximate surface area is 166 Å². The van der Waals surface area contributed by atoms with Crippen molar-refractivity contribution in [3.63, 3.8) is 0 Å². The molecule has 5 nitrogen and oxygen atoms in total. The lowest BCUT2D eigenvalue weighted by Crippen LogP contribution is -2.35. The second-order valence-corrected chi connectivity index (χ2v) is 7.72. The summed E-state index contributed by atoms with van der Waals surface area (Å²) in [5, 5.41) is 10.6. The summed E-state index contributed by atoms with van der Waals surface area (Å²) in [6, 6.07) is 0. The van der Waals surface area contributed by atoms with Crippen LogP contribution in [-0.2, 0) is 19.1 Å². The van der Waals surface area contributed by atoms with Crippen molar-refractivity contribution in [1.29, 1.82) is 0 Å². The van der Waals surface area contributed by atoms with E-state index in [1.165, 1.54) is 78.4 Å². The van der Waals surface area contributed by atoms with Crippen LogP contribution < -0.4 is 0 Å². The van der Waals surface area contributed by atoms with Crippen LogP contribution in [0.4, 0.5) is 0 Å². The molecule has 0 aromatic heterocycles. The number of rotatable bonds is 18. The molecule has 0 amide bonds. The molecule has 0 aromatic carbocycles. The fourth-order valence-corrected chi connectivity index (χ4v) is 3.39. The highest BCUT2D eigenvalue weighted by atomic mass is 16.5. The van der Waals surface area contributed by atoms with E-state index in [0.29, 0.717) is 6.42 Å². The lowest BCUT2D eigenvalue weighted by Gasteiger charge is -2.25. The molecule has 5 heteroatoms. The number of unbranched alkanes of at least 4 members (excludes halogenated alkanes) is 12. The zero-order valence-corrected chi connectivity index (χ0v) is 17.9. The first-order valence-corrected chi connectivity index (χ1v) is 10.8. The van der Waals surface area contributed by atoms with Gasteiger partial charge in [-0.15, -0.1) is 0 Å². The Kier molecular flexibility index (Phi) is 16.3. The lowest BCUT2D eigenvalue weighted by molar-refractivity contribution is -0.153. The van der Waals surface area contributed by atoms with Crippen LogP contribution in [0.3, 0.4) is 0 Å². The first kappa shape index (κ1) is 25.9. The minimum Gasteiger partial charge on any atom is -0.469 e. The zero-order chi connectivity index (χ0) is 20.4. The molecule has 0 aromatic rings. The quantitative estimate of drug-likeness (QED) is 0.255. The highest BCUT2D eigenvalue weighted by Gasteiger charge is 2.33. The summed E-state index contributed by atoms with van der Waals surface area (Å²) in [6.45, 7) is 2.25. The number of hydrogen-bond donors (Lipinski definition) is 1. The molecule has 160 valence electrons. The van der Waals surface area contributed by atoms with Crippen molar-refractivity contribution in [1.82, 2.24) is 0 Å². The topological polar surface area (TPSA) is 72.8 Å². The molecule has 0 spiro atoms. The van der Waals surface area contributed by atoms with Crippen molar-refractivity contribution in [2.45, 2.75) is 115 Å². The Hall–Kier alpha value is -1.10. The third-order valence-electron chi connectivity index (χ3n) is 5.15. The van der Waals surface area contributed by atoms with Gasteiger partial charge in [0.2, 0.25) is 0 Å². The van der Waals surface area contributed by atoms with Crippen molar-refractivity contribution in [2.75, 3.05) is 14.2 Å². The molecule has 0 radical (unpaired) electrons. The second-order valence-electron chi connectivity index (χ2n) is 7.72. The van der Waals surface area contributed by atoms with Crippen molar-refractivity contribution >= 4 is 11.9 Å². The Bertz CT molecular complexity index is 363. The molecule has 0 aliphatic heterocycles. The largest absolute Gasteiger partial charge is 0.469 e. The van der Waals surface area contributed by atoms with Gasteiger partial charge < -0.3 is 14.6 Å². The molecule has 0 fully saturated rings. The van der Waals surface area contributed by atoms with Crippen molar-refractivity contribution in [3.05, 3.63) is 0 Å². The highest BCUT2D eigenvalue weighted by Crippen LogP contribution is 2.25. The van der Waals surface area contributed by atoms with Gasteiger partial charge >= 0.3 is 11.9 Å². The maximum atomic E-state index is 11.5. The third-order valence-corrected chi connectivity index (χ3v) is 5.15. The van der Waals surface area contributed by atoms with E-state index in [1.54, 1.807) is 0 Å². The summed E-state index contributed by atoms with van der Waals surface area (Å²) < 4.78 is 9.26. The van der Waals surface area contributed by atoms with E-state index < -0.39 is 17.5 Å². The molecule has 0 saturated carbocycles. The van der Waals surface area contributed by atoms with Crippen LogP contribution in [0, 0.1) is 0 Å². The lowest BCUT2D eigenvalue weighted by atomic mass is 9.89. The van der Waals surface area contributed by atoms with Crippen LogP contribution in [-0.4, -0.2) is 36.9 Å². The number of hydrogen-bond acceptors (Lipinski definition) is 5. The van der Waals surface area contributed by atoms with Gasteiger partial charge in [0.05, 0.1) is 32.7 Å². The van der Waals surface area contributed by atoms with Gasteiger partial charge in [0, 0.05) is 0 Å². The van der Waals surface area contributed by atoms with E-state index in [1.807, 2.05) is 0 Å². The molecule has 0 saturated heterocycles. The number of ether oxygens (including phenoxy) is 2. The molecule has 0 bridgehead atoms. The van der Waals surface area contributed by atoms with Gasteiger partial charge in [0.1, 0.15) is 0 Å². The Morgan fingerprint density at radius 3 is 1.33 bits per heavy atom. The summed E-state index contributed by atoms with van der Waals surface area (Å²) in [5.74, 6) is -1.01. The van der Waals surface area contributed by atoms with Gasteiger partial charge in [-0.3, -0.25) is 9.59 Å². The van der Waals surface area contributed by atoms with Crippen LogP contribution in [0.5, 0.6) is 0 Å². The summed E-state index contributed by atoms with van der Waals surface area (Å²) >= 11 is 0. The average molecular weight is 387 g/mol. The predicted molar refractivity (Wildman–Crippen MR) is 109 cm³/mol. The predicted octanol–water partition coefficient (Wildman–Crippen LogP) is 5.33. The smallest absolute Gasteiger partial charge is 0.308 e. The minimum atomic E-state index is -1.36. The molecule has 0 heterocycles. The average Bonchev–Trinajstić information content (AvgIpc) is 2.65. The summed E-state index contributed by atoms with van der Waals surface area (Å²) in [7, 11) is 2.57. The van der Waals surface area contributed by atoms with E-state index in [0.717, 1.165) is 19.3 Å². The Morgan fingerprint density at radius 1 is 0.667 bits per heavy atom. The third kappa shape index (κ3) is 15.6. The van der Waals surface area contributed by atoms with Gasteiger partial charge in [-0.2, -0.15) is 0 Å². The van der Waals surface area contributed by atoms with E-state index in [2.05, 4.69) is 16.4 Å². The Balaban J connectivity index is 3.76. The van der Waals surface area contributed by atoms with Crippen LogP contribution in [0.25, 0.3) is 0 Å². The van der Waals surface area contributed by atoms with Gasteiger partial charge in [0.15, 0.2) is 0 Å². The number of methoxy groups -OCH3 is 2. The fourth-order valence-electron chi connectivity index (χ4n) is 3.39. The van der Waals surface area contributed by atoms with E-state index in [-0.39, 0.29) is 12.8 Å². The van der Waals surface area contributed by atoms with Crippen molar-refractivity contribution in [3.8, 4) is 0 Å². The molecule has 27 heavy (non-hydrogen) atoms. The van der Waals surface area contributed by atoms with Gasteiger partial charge in [-0.05, 0) is 6.42 Å². The van der Waals surface area contributed by atoms with E-state index >= 15 is 0 Å². The maximum absolute atomic E-state index is 11.5. The van der Waals surface area contributed by atoms with Crippen molar-refractivity contribution in [2.24, 2.45) is 0 Å². The van der Waals surface area contributed by atoms with Gasteiger partial charge in [-0.1, -0.05) is 90.4 Å². The first-order chi connectivity index (χ1) is 13.0. The number of carbonyl (C=O) groups excluding carboxylic acids is 2. The maximum Gasteiger partial charge on any atom is 0.308 e. The highest BCUT2D eigenvalue weighted by molar-refractivity contribution is 5.74. The summed E-state index contributed by atoms with van der Waals surface area (Å²) in [5.41, 5.74) is -1.36. The molecular formula is C22H42O5. The monoisotopic (exact) mass is 386 g/mol. The van der Waals surface area contributed by atoms with Crippen LogP contribution in [0.15, 0.2) is 0 Å². The molecular weight excluding hydrogens is 344 g/mol. The number of carbonyl (C=O) groups is 2. The number of aliphatic hydroxyl groups is 1. The Morgan fingerprint density at radius 2 is 1.00 bits per heavy atom. The summed E-state index contributed by atoms with van der Waals surface area (Å²) in [4.78, 5) is 23.0. The normalized spacial score (nSPS) is 11.4. The summed E-state index contributed by atoms with van der Waals surface area (Å²) in [6.07, 6.45) is 16.3. The van der Waals surface area contributed by atoms with Gasteiger partial charge in [0.25, 0.3) is 0 Å². The fraction of sp³-hybridized carbons (Fsp3) is 0.909. The van der Waals surface area contributed by atoms with Gasteiger partial charge in [-0.25, -0.2) is 0 Å². The molecule has 0 rings (SSSR count). The SMILES string of the molecule is CCCCCCCCCCCCCCCC(O)(CC(=O)OC)CC(=O)OC. The second kappa shape index (κ2) is 17.0. The molecule has 0 aliphatic carbocycles. The minimum absolute atomic E-state index is 0.170. The molecule has 0 unspecified atom stereocenters. The standard InChI is InChI=1S/C22H42O5/c1-4-5-6-7-8-9-10-11-12-13-14-15-16-17-22(25,18-20(23)26-2)19-21(24)27-3/h25H,4-19H2,1-3H3. The van der Waals surface area contributed by atoms with Crippen LogP contribution >= 0.6 is 0 Å². The van der Waals surface area contributed by atoms with Crippen LogP contribution in [0.1, 0.15) is 110 Å². The van der Waals surface area contributed by atoms with E-state index in [4.69, 9.17) is 0 Å². The molecule has 0 aliphatic rings. The first-order valence-electron chi connectivity index (χ1n) is 10.8.